The number of carbonyl (C=O) groups excluding carboxylic acids is 1. The molecule has 0 bridgehead atoms. The van der Waals surface area contributed by atoms with Crippen molar-refractivity contribution in [3.63, 3.8) is 0 Å². The van der Waals surface area contributed by atoms with Crippen molar-refractivity contribution in [1.82, 2.24) is 15.1 Å². The van der Waals surface area contributed by atoms with Gasteiger partial charge in [-0.3, -0.25) is 9.69 Å². The monoisotopic (exact) mass is 225 g/mol. The minimum Gasteiger partial charge on any atom is -0.341 e. The number of carbonyl (C=O) groups is 1. The van der Waals surface area contributed by atoms with Crippen LogP contribution in [-0.2, 0) is 4.79 Å². The fraction of sp³-hybridized carbons (Fsp3) is 0.917. The van der Waals surface area contributed by atoms with E-state index in [1.54, 1.807) is 0 Å². The molecule has 1 unspecified atom stereocenters. The third-order valence-corrected chi connectivity index (χ3v) is 3.64. The Morgan fingerprint density at radius 3 is 2.75 bits per heavy atom. The Morgan fingerprint density at radius 1 is 1.31 bits per heavy atom. The third kappa shape index (κ3) is 2.55. The quantitative estimate of drug-likeness (QED) is 0.747. The van der Waals surface area contributed by atoms with Gasteiger partial charge in [0.1, 0.15) is 0 Å². The largest absolute Gasteiger partial charge is 0.341 e. The van der Waals surface area contributed by atoms with Gasteiger partial charge in [-0.25, -0.2) is 0 Å². The Bertz CT molecular complexity index is 238. The van der Waals surface area contributed by atoms with Crippen molar-refractivity contribution < 1.29 is 4.79 Å². The van der Waals surface area contributed by atoms with Crippen LogP contribution in [0.1, 0.15) is 26.2 Å². The first kappa shape index (κ1) is 11.9. The zero-order valence-electron chi connectivity index (χ0n) is 10.2. The van der Waals surface area contributed by atoms with E-state index in [0.29, 0.717) is 5.91 Å². The van der Waals surface area contributed by atoms with E-state index >= 15 is 0 Å². The van der Waals surface area contributed by atoms with E-state index in [0.717, 1.165) is 52.1 Å². The van der Waals surface area contributed by atoms with E-state index in [4.69, 9.17) is 0 Å². The number of unbranched alkanes of at least 4 members (excludes halogenated alkanes) is 1. The Balaban J connectivity index is 1.85. The van der Waals surface area contributed by atoms with E-state index in [-0.39, 0.29) is 6.04 Å². The average Bonchev–Trinajstić information content (AvgIpc) is 2.69. The zero-order chi connectivity index (χ0) is 11.4. The first-order valence-electron chi connectivity index (χ1n) is 6.56. The molecule has 16 heavy (non-hydrogen) atoms. The van der Waals surface area contributed by atoms with Crippen LogP contribution in [0.25, 0.3) is 0 Å². The first-order valence-corrected chi connectivity index (χ1v) is 6.56. The van der Waals surface area contributed by atoms with Crippen molar-refractivity contribution in [3.05, 3.63) is 0 Å². The summed E-state index contributed by atoms with van der Waals surface area (Å²) in [6.07, 6.45) is 3.34. The average molecular weight is 225 g/mol. The van der Waals surface area contributed by atoms with Crippen molar-refractivity contribution in [2.75, 3.05) is 39.3 Å². The SMILES string of the molecule is CCCCN1CCC(N2CCNCC2)C1=O. The molecule has 2 aliphatic heterocycles. The first-order chi connectivity index (χ1) is 7.83. The summed E-state index contributed by atoms with van der Waals surface area (Å²) in [5.74, 6) is 0.371. The molecule has 1 amide bonds. The molecule has 2 saturated heterocycles. The lowest BCUT2D eigenvalue weighted by Gasteiger charge is -2.31. The summed E-state index contributed by atoms with van der Waals surface area (Å²) >= 11 is 0. The molecule has 0 aromatic heterocycles. The summed E-state index contributed by atoms with van der Waals surface area (Å²) < 4.78 is 0. The second kappa shape index (κ2) is 5.64. The number of nitrogens with one attached hydrogen (secondary N) is 1. The lowest BCUT2D eigenvalue weighted by Crippen LogP contribution is -2.51. The number of hydrogen-bond donors (Lipinski definition) is 1. The Morgan fingerprint density at radius 2 is 2.06 bits per heavy atom. The highest BCUT2D eigenvalue weighted by molar-refractivity contribution is 5.84. The number of rotatable bonds is 4. The van der Waals surface area contributed by atoms with E-state index < -0.39 is 0 Å². The molecule has 4 heteroatoms. The minimum absolute atomic E-state index is 0.180. The van der Waals surface area contributed by atoms with Gasteiger partial charge in [0.2, 0.25) is 5.91 Å². The molecule has 2 rings (SSSR count). The molecule has 0 aliphatic carbocycles. The maximum absolute atomic E-state index is 12.2. The summed E-state index contributed by atoms with van der Waals surface area (Å²) in [6.45, 7) is 8.20. The normalized spacial score (nSPS) is 27.7. The van der Waals surface area contributed by atoms with Crippen LogP contribution in [0.5, 0.6) is 0 Å². The van der Waals surface area contributed by atoms with Gasteiger partial charge in [-0.05, 0) is 12.8 Å². The van der Waals surface area contributed by atoms with E-state index in [9.17, 15) is 4.79 Å². The highest BCUT2D eigenvalue weighted by atomic mass is 16.2. The summed E-state index contributed by atoms with van der Waals surface area (Å²) in [5.41, 5.74) is 0. The molecule has 0 spiro atoms. The fourth-order valence-electron chi connectivity index (χ4n) is 2.63. The van der Waals surface area contributed by atoms with Gasteiger partial charge < -0.3 is 10.2 Å². The second-order valence-corrected chi connectivity index (χ2v) is 4.77. The maximum Gasteiger partial charge on any atom is 0.239 e. The van der Waals surface area contributed by atoms with E-state index in [2.05, 4.69) is 22.0 Å². The van der Waals surface area contributed by atoms with Gasteiger partial charge in [0.05, 0.1) is 6.04 Å². The maximum atomic E-state index is 12.2. The number of likely N-dealkylation sites (tertiary alicyclic amines) is 1. The van der Waals surface area contributed by atoms with Crippen molar-refractivity contribution in [1.29, 1.82) is 0 Å². The molecule has 1 N–H and O–H groups in total. The fourth-order valence-corrected chi connectivity index (χ4v) is 2.63. The van der Waals surface area contributed by atoms with Crippen LogP contribution in [0, 0.1) is 0 Å². The van der Waals surface area contributed by atoms with Gasteiger partial charge in [-0.1, -0.05) is 13.3 Å². The molecule has 2 aliphatic rings. The smallest absolute Gasteiger partial charge is 0.239 e. The van der Waals surface area contributed by atoms with Crippen LogP contribution in [0.15, 0.2) is 0 Å². The lowest BCUT2D eigenvalue weighted by molar-refractivity contribution is -0.132. The van der Waals surface area contributed by atoms with Crippen LogP contribution >= 0.6 is 0 Å². The molecule has 0 saturated carbocycles. The molecular formula is C12H23N3O. The van der Waals surface area contributed by atoms with Crippen LogP contribution < -0.4 is 5.32 Å². The van der Waals surface area contributed by atoms with Gasteiger partial charge >= 0.3 is 0 Å². The summed E-state index contributed by atoms with van der Waals surface area (Å²) in [6, 6.07) is 0.180. The van der Waals surface area contributed by atoms with Crippen molar-refractivity contribution in [2.24, 2.45) is 0 Å². The highest BCUT2D eigenvalue weighted by Crippen LogP contribution is 2.18. The highest BCUT2D eigenvalue weighted by Gasteiger charge is 2.35. The molecule has 0 aromatic carbocycles. The third-order valence-electron chi connectivity index (χ3n) is 3.64. The summed E-state index contributed by atoms with van der Waals surface area (Å²) in [4.78, 5) is 16.6. The number of piperazine rings is 1. The molecular weight excluding hydrogens is 202 g/mol. The number of amides is 1. The Labute approximate surface area is 98.0 Å². The number of nitrogens with zero attached hydrogens (tertiary/aromatic N) is 2. The molecule has 0 radical (unpaired) electrons. The molecule has 2 heterocycles. The van der Waals surface area contributed by atoms with Crippen LogP contribution in [0.4, 0.5) is 0 Å². The predicted octanol–water partition coefficient (Wildman–Crippen LogP) is 0.293. The standard InChI is InChI=1S/C12H23N3O/c1-2-3-7-15-8-4-11(12(15)16)14-9-5-13-6-10-14/h11,13H,2-10H2,1H3. The molecule has 2 fully saturated rings. The topological polar surface area (TPSA) is 35.6 Å². The zero-order valence-corrected chi connectivity index (χ0v) is 10.2. The lowest BCUT2D eigenvalue weighted by atomic mass is 10.2. The van der Waals surface area contributed by atoms with Crippen LogP contribution in [-0.4, -0.2) is 61.0 Å². The van der Waals surface area contributed by atoms with E-state index in [1.807, 2.05) is 0 Å². The molecule has 1 atom stereocenters. The second-order valence-electron chi connectivity index (χ2n) is 4.77. The molecule has 92 valence electrons. The summed E-state index contributed by atoms with van der Waals surface area (Å²) in [5, 5.41) is 3.33. The van der Waals surface area contributed by atoms with Crippen LogP contribution in [0.3, 0.4) is 0 Å². The number of hydrogen-bond acceptors (Lipinski definition) is 3. The molecule has 4 nitrogen and oxygen atoms in total. The Kier molecular flexibility index (Phi) is 4.18. The van der Waals surface area contributed by atoms with Crippen molar-refractivity contribution in [2.45, 2.75) is 32.2 Å². The van der Waals surface area contributed by atoms with Crippen molar-refractivity contribution in [3.8, 4) is 0 Å². The van der Waals surface area contributed by atoms with Gasteiger partial charge in [0.15, 0.2) is 0 Å². The predicted molar refractivity (Wildman–Crippen MR) is 64.3 cm³/mol. The minimum atomic E-state index is 0.180. The van der Waals surface area contributed by atoms with Crippen LogP contribution in [0.2, 0.25) is 0 Å². The Hall–Kier alpha value is -0.610. The van der Waals surface area contributed by atoms with Gasteiger partial charge in [0.25, 0.3) is 0 Å². The summed E-state index contributed by atoms with van der Waals surface area (Å²) in [7, 11) is 0. The molecule has 0 aromatic rings. The van der Waals surface area contributed by atoms with Gasteiger partial charge in [-0.2, -0.15) is 0 Å². The van der Waals surface area contributed by atoms with Gasteiger partial charge in [-0.15, -0.1) is 0 Å². The van der Waals surface area contributed by atoms with E-state index in [1.165, 1.54) is 6.42 Å². The van der Waals surface area contributed by atoms with Gasteiger partial charge in [0, 0.05) is 39.3 Å². The van der Waals surface area contributed by atoms with Crippen molar-refractivity contribution >= 4 is 5.91 Å².